The Labute approximate surface area is 124 Å². The van der Waals surface area contributed by atoms with Gasteiger partial charge in [-0.05, 0) is 29.8 Å². The van der Waals surface area contributed by atoms with Gasteiger partial charge in [0.15, 0.2) is 0 Å². The van der Waals surface area contributed by atoms with E-state index in [9.17, 15) is 4.39 Å². The van der Waals surface area contributed by atoms with Crippen molar-refractivity contribution in [1.29, 1.82) is 0 Å². The molecule has 0 unspecified atom stereocenters. The Morgan fingerprint density at radius 2 is 1.85 bits per heavy atom. The number of rotatable bonds is 2. The van der Waals surface area contributed by atoms with E-state index >= 15 is 0 Å². The first-order chi connectivity index (χ1) is 9.69. The number of pyridine rings is 1. The van der Waals surface area contributed by atoms with Gasteiger partial charge < -0.3 is 4.74 Å². The van der Waals surface area contributed by atoms with E-state index in [4.69, 9.17) is 4.74 Å². The molecule has 0 fully saturated rings. The van der Waals surface area contributed by atoms with Gasteiger partial charge in [-0.25, -0.2) is 9.37 Å². The summed E-state index contributed by atoms with van der Waals surface area (Å²) in [6, 6.07) is 14.2. The molecule has 0 amide bonds. The molecule has 0 spiro atoms. The summed E-state index contributed by atoms with van der Waals surface area (Å²) in [6.07, 6.45) is 0. The zero-order chi connectivity index (χ0) is 14.1. The zero-order valence-electron chi connectivity index (χ0n) is 10.7. The molecular weight excluding hydrogens is 321 g/mol. The number of hydrogen-bond acceptors (Lipinski definition) is 2. The summed E-state index contributed by atoms with van der Waals surface area (Å²) in [5.41, 5.74) is 2.08. The van der Waals surface area contributed by atoms with Crippen LogP contribution in [0.4, 0.5) is 4.39 Å². The van der Waals surface area contributed by atoms with Gasteiger partial charge in [0.2, 0.25) is 5.88 Å². The van der Waals surface area contributed by atoms with Crippen LogP contribution in [-0.4, -0.2) is 12.1 Å². The van der Waals surface area contributed by atoms with Crippen LogP contribution in [0.1, 0.15) is 0 Å². The Morgan fingerprint density at radius 3 is 2.60 bits per heavy atom. The lowest BCUT2D eigenvalue weighted by Crippen LogP contribution is -1.92. The minimum Gasteiger partial charge on any atom is -0.481 e. The van der Waals surface area contributed by atoms with E-state index in [-0.39, 0.29) is 5.82 Å². The lowest BCUT2D eigenvalue weighted by atomic mass is 10.0. The number of ether oxygens (including phenoxy) is 1. The van der Waals surface area contributed by atoms with Crippen molar-refractivity contribution in [3.05, 3.63) is 58.8 Å². The molecule has 0 aliphatic rings. The number of methoxy groups -OCH3 is 1. The van der Waals surface area contributed by atoms with E-state index in [1.165, 1.54) is 6.07 Å². The molecule has 0 saturated heterocycles. The smallest absolute Gasteiger partial charge is 0.214 e. The first kappa shape index (κ1) is 13.1. The van der Waals surface area contributed by atoms with Crippen molar-refractivity contribution < 1.29 is 9.13 Å². The van der Waals surface area contributed by atoms with Gasteiger partial charge in [0.05, 0.1) is 12.6 Å². The maximum Gasteiger partial charge on any atom is 0.214 e. The quantitative estimate of drug-likeness (QED) is 0.672. The second kappa shape index (κ2) is 5.21. The van der Waals surface area contributed by atoms with Crippen LogP contribution >= 0.6 is 15.9 Å². The van der Waals surface area contributed by atoms with E-state index < -0.39 is 0 Å². The minimum absolute atomic E-state index is 0.262. The Balaban J connectivity index is 2.38. The molecule has 1 heterocycles. The maximum atomic E-state index is 14.1. The number of hydrogen-bond donors (Lipinski definition) is 0. The Hall–Kier alpha value is -1.94. The van der Waals surface area contributed by atoms with Crippen molar-refractivity contribution in [1.82, 2.24) is 4.98 Å². The van der Waals surface area contributed by atoms with Gasteiger partial charge >= 0.3 is 0 Å². The first-order valence-corrected chi connectivity index (χ1v) is 6.87. The SMILES string of the molecule is COc1cc(-c2ccccc2F)c2cc(Br)ccc2n1. The van der Waals surface area contributed by atoms with Gasteiger partial charge in [0.25, 0.3) is 0 Å². The summed E-state index contributed by atoms with van der Waals surface area (Å²) in [5, 5.41) is 0.880. The van der Waals surface area contributed by atoms with Crippen LogP contribution in [-0.2, 0) is 0 Å². The number of halogens is 2. The van der Waals surface area contributed by atoms with Crippen LogP contribution < -0.4 is 4.74 Å². The van der Waals surface area contributed by atoms with E-state index in [2.05, 4.69) is 20.9 Å². The summed E-state index contributed by atoms with van der Waals surface area (Å²) in [5.74, 6) is 0.208. The van der Waals surface area contributed by atoms with Crippen LogP contribution in [0.25, 0.3) is 22.0 Å². The van der Waals surface area contributed by atoms with E-state index in [0.29, 0.717) is 11.4 Å². The highest BCUT2D eigenvalue weighted by Crippen LogP contribution is 2.33. The third kappa shape index (κ3) is 2.27. The Morgan fingerprint density at radius 1 is 1.05 bits per heavy atom. The monoisotopic (exact) mass is 331 g/mol. The second-order valence-electron chi connectivity index (χ2n) is 4.35. The molecule has 0 N–H and O–H groups in total. The fraction of sp³-hybridized carbons (Fsp3) is 0.0625. The molecule has 0 bridgehead atoms. The minimum atomic E-state index is -0.262. The van der Waals surface area contributed by atoms with Gasteiger partial charge in [-0.1, -0.05) is 34.1 Å². The highest BCUT2D eigenvalue weighted by molar-refractivity contribution is 9.10. The van der Waals surface area contributed by atoms with Crippen LogP contribution in [0.3, 0.4) is 0 Å². The molecule has 20 heavy (non-hydrogen) atoms. The van der Waals surface area contributed by atoms with Crippen molar-refractivity contribution in [2.75, 3.05) is 7.11 Å². The molecule has 0 aliphatic heterocycles. The van der Waals surface area contributed by atoms with Gasteiger partial charge in [0, 0.05) is 21.5 Å². The average molecular weight is 332 g/mol. The standard InChI is InChI=1S/C16H11BrFNO/c1-20-16-9-12(11-4-2-3-5-14(11)18)13-8-10(17)6-7-15(13)19-16/h2-9H,1H3. The predicted molar refractivity (Wildman–Crippen MR) is 81.4 cm³/mol. The molecular formula is C16H11BrFNO. The maximum absolute atomic E-state index is 14.1. The molecule has 0 saturated carbocycles. The van der Waals surface area contributed by atoms with Crippen molar-refractivity contribution >= 4 is 26.8 Å². The summed E-state index contributed by atoms with van der Waals surface area (Å²) in [7, 11) is 1.55. The molecule has 1 aromatic heterocycles. The molecule has 2 aromatic carbocycles. The lowest BCUT2D eigenvalue weighted by molar-refractivity contribution is 0.400. The molecule has 0 radical (unpaired) electrons. The van der Waals surface area contributed by atoms with Crippen molar-refractivity contribution in [2.45, 2.75) is 0 Å². The normalized spacial score (nSPS) is 10.8. The predicted octanol–water partition coefficient (Wildman–Crippen LogP) is 4.81. The molecule has 3 rings (SSSR count). The third-order valence-corrected chi connectivity index (χ3v) is 3.61. The van der Waals surface area contributed by atoms with E-state index in [1.54, 1.807) is 25.3 Å². The van der Waals surface area contributed by atoms with Crippen molar-refractivity contribution in [2.24, 2.45) is 0 Å². The average Bonchev–Trinajstić information content (AvgIpc) is 2.47. The van der Waals surface area contributed by atoms with Gasteiger partial charge in [0.1, 0.15) is 5.82 Å². The van der Waals surface area contributed by atoms with E-state index in [1.807, 2.05) is 24.3 Å². The summed E-state index contributed by atoms with van der Waals surface area (Å²) >= 11 is 3.44. The summed E-state index contributed by atoms with van der Waals surface area (Å²) in [6.45, 7) is 0. The van der Waals surface area contributed by atoms with Gasteiger partial charge in [-0.2, -0.15) is 0 Å². The number of benzene rings is 2. The summed E-state index contributed by atoms with van der Waals surface area (Å²) in [4.78, 5) is 4.39. The van der Waals surface area contributed by atoms with Crippen molar-refractivity contribution in [3.8, 4) is 17.0 Å². The number of nitrogens with zero attached hydrogens (tertiary/aromatic N) is 1. The molecule has 0 aliphatic carbocycles. The first-order valence-electron chi connectivity index (χ1n) is 6.08. The van der Waals surface area contributed by atoms with Crippen LogP contribution in [0.15, 0.2) is 53.0 Å². The third-order valence-electron chi connectivity index (χ3n) is 3.12. The fourth-order valence-corrected chi connectivity index (χ4v) is 2.54. The van der Waals surface area contributed by atoms with Gasteiger partial charge in [-0.15, -0.1) is 0 Å². The Kier molecular flexibility index (Phi) is 3.40. The summed E-state index contributed by atoms with van der Waals surface area (Å²) < 4.78 is 20.2. The molecule has 100 valence electrons. The highest BCUT2D eigenvalue weighted by atomic mass is 79.9. The number of fused-ring (bicyclic) bond motifs is 1. The Bertz CT molecular complexity index is 789. The van der Waals surface area contributed by atoms with Crippen LogP contribution in [0.5, 0.6) is 5.88 Å². The van der Waals surface area contributed by atoms with Crippen LogP contribution in [0.2, 0.25) is 0 Å². The molecule has 3 aromatic rings. The molecule has 4 heteroatoms. The van der Waals surface area contributed by atoms with Crippen molar-refractivity contribution in [3.63, 3.8) is 0 Å². The van der Waals surface area contributed by atoms with Gasteiger partial charge in [-0.3, -0.25) is 0 Å². The fourth-order valence-electron chi connectivity index (χ4n) is 2.18. The largest absolute Gasteiger partial charge is 0.481 e. The number of aromatic nitrogens is 1. The second-order valence-corrected chi connectivity index (χ2v) is 5.27. The molecule has 2 nitrogen and oxygen atoms in total. The van der Waals surface area contributed by atoms with E-state index in [0.717, 1.165) is 20.9 Å². The lowest BCUT2D eigenvalue weighted by Gasteiger charge is -2.10. The molecule has 0 atom stereocenters. The zero-order valence-corrected chi connectivity index (χ0v) is 12.3. The topological polar surface area (TPSA) is 22.1 Å². The van der Waals surface area contributed by atoms with Crippen LogP contribution in [0, 0.1) is 5.82 Å². The highest BCUT2D eigenvalue weighted by Gasteiger charge is 2.12.